The second-order valence-corrected chi connectivity index (χ2v) is 11.7. The van der Waals surface area contributed by atoms with Gasteiger partial charge in [0.1, 0.15) is 29.4 Å². The van der Waals surface area contributed by atoms with Crippen molar-refractivity contribution in [2.75, 3.05) is 31.4 Å². The summed E-state index contributed by atoms with van der Waals surface area (Å²) in [5.74, 6) is -2.85. The van der Waals surface area contributed by atoms with E-state index in [9.17, 15) is 29.2 Å². The molecular weight excluding hydrogens is 592 g/mol. The van der Waals surface area contributed by atoms with Gasteiger partial charge >= 0.3 is 18.0 Å². The van der Waals surface area contributed by atoms with Crippen molar-refractivity contribution in [2.24, 2.45) is 10.6 Å². The van der Waals surface area contributed by atoms with Gasteiger partial charge in [0.15, 0.2) is 10.8 Å². The molecule has 0 aliphatic carbocycles. The van der Waals surface area contributed by atoms with E-state index in [1.54, 1.807) is 20.8 Å². The highest BCUT2D eigenvalue weighted by Crippen LogP contribution is 2.41. The number of nitrogens with two attached hydrogens (primary N) is 1. The van der Waals surface area contributed by atoms with Gasteiger partial charge in [-0.3, -0.25) is 19.3 Å². The van der Waals surface area contributed by atoms with Crippen LogP contribution in [0.4, 0.5) is 9.93 Å². The summed E-state index contributed by atoms with van der Waals surface area (Å²) in [7, 11) is 0. The lowest BCUT2D eigenvalue weighted by molar-refractivity contribution is -0.173. The van der Waals surface area contributed by atoms with Gasteiger partial charge in [-0.05, 0) is 32.4 Å². The number of carbonyl (C=O) groups excluding carboxylic acids is 5. The van der Waals surface area contributed by atoms with Crippen LogP contribution in [0, 0.1) is 5.41 Å². The summed E-state index contributed by atoms with van der Waals surface area (Å²) in [4.78, 5) is 67.9. The third kappa shape index (κ3) is 7.67. The van der Waals surface area contributed by atoms with Crippen LogP contribution in [0.25, 0.3) is 0 Å². The molecule has 15 nitrogen and oxygen atoms in total. The van der Waals surface area contributed by atoms with E-state index in [0.717, 1.165) is 16.2 Å². The number of allylic oxidation sites excluding steroid dienone is 1. The number of hydrogen-bond acceptors (Lipinski definition) is 14. The molecule has 3 heterocycles. The van der Waals surface area contributed by atoms with Crippen molar-refractivity contribution in [2.45, 2.75) is 32.2 Å². The molecule has 226 valence electrons. The molecule has 1 fully saturated rings. The molecule has 1 aromatic heterocycles. The third-order valence-electron chi connectivity index (χ3n) is 5.57. The number of nitrogen functional groups attached to an aromatic ring is 1. The van der Waals surface area contributed by atoms with Crippen LogP contribution in [0.2, 0.25) is 0 Å². The molecule has 17 heteroatoms. The Hall–Kier alpha value is -4.38. The van der Waals surface area contributed by atoms with E-state index in [2.05, 4.69) is 27.4 Å². The number of aromatic nitrogens is 1. The van der Waals surface area contributed by atoms with Gasteiger partial charge in [-0.15, -0.1) is 29.7 Å². The zero-order valence-corrected chi connectivity index (χ0v) is 24.6. The smallest absolute Gasteiger partial charge is 0.407 e. The highest BCUT2D eigenvalue weighted by Gasteiger charge is 2.54. The fourth-order valence-corrected chi connectivity index (χ4v) is 5.39. The van der Waals surface area contributed by atoms with Crippen molar-refractivity contribution in [1.29, 1.82) is 0 Å². The maximum absolute atomic E-state index is 13.2. The lowest BCUT2D eigenvalue weighted by atomic mass is 9.98. The van der Waals surface area contributed by atoms with E-state index in [4.69, 9.17) is 19.9 Å². The minimum Gasteiger partial charge on any atom is -0.445 e. The zero-order valence-electron chi connectivity index (χ0n) is 22.9. The first-order valence-electron chi connectivity index (χ1n) is 12.3. The fraction of sp³-hybridized carbons (Fsp3) is 0.400. The number of thioether (sulfide) groups is 1. The van der Waals surface area contributed by atoms with Crippen LogP contribution >= 0.6 is 23.1 Å². The molecule has 2 atom stereocenters. The maximum Gasteiger partial charge on any atom is 0.407 e. The van der Waals surface area contributed by atoms with Crippen molar-refractivity contribution in [3.8, 4) is 0 Å². The summed E-state index contributed by atoms with van der Waals surface area (Å²) in [5.41, 5.74) is 4.59. The lowest BCUT2D eigenvalue weighted by Crippen LogP contribution is -2.71. The Labute approximate surface area is 248 Å². The summed E-state index contributed by atoms with van der Waals surface area (Å²) in [6, 6.07) is -1.07. The van der Waals surface area contributed by atoms with Crippen LogP contribution < -0.4 is 16.4 Å². The Morgan fingerprint density at radius 2 is 2.02 bits per heavy atom. The number of esters is 2. The van der Waals surface area contributed by atoms with Gasteiger partial charge in [0.25, 0.3) is 11.8 Å². The molecule has 2 aliphatic heterocycles. The number of amides is 3. The Morgan fingerprint density at radius 1 is 1.29 bits per heavy atom. The summed E-state index contributed by atoms with van der Waals surface area (Å²) in [6.45, 7) is 7.79. The van der Waals surface area contributed by atoms with Crippen molar-refractivity contribution in [1.82, 2.24) is 20.5 Å². The molecule has 0 bridgehead atoms. The number of fused-ring (bicyclic) bond motifs is 1. The Bertz CT molecular complexity index is 1350. The van der Waals surface area contributed by atoms with Gasteiger partial charge in [0.2, 0.25) is 6.79 Å². The van der Waals surface area contributed by atoms with E-state index in [-0.39, 0.29) is 35.4 Å². The minimum absolute atomic E-state index is 0.0270. The van der Waals surface area contributed by atoms with Crippen LogP contribution in [0.5, 0.6) is 0 Å². The molecule has 0 saturated carbocycles. The first-order chi connectivity index (χ1) is 19.9. The molecule has 3 rings (SSSR count). The van der Waals surface area contributed by atoms with Crippen molar-refractivity contribution in [3.63, 3.8) is 0 Å². The first kappa shape index (κ1) is 32.1. The predicted molar refractivity (Wildman–Crippen MR) is 152 cm³/mol. The monoisotopic (exact) mass is 622 g/mol. The minimum atomic E-state index is -1.07. The molecular formula is C25H30N6O9S2. The lowest BCUT2D eigenvalue weighted by Gasteiger charge is -2.49. The molecule has 0 aromatic carbocycles. The van der Waals surface area contributed by atoms with E-state index in [1.807, 2.05) is 0 Å². The summed E-state index contributed by atoms with van der Waals surface area (Å²) >= 11 is 2.28. The number of ether oxygens (including phenoxy) is 3. The van der Waals surface area contributed by atoms with E-state index in [1.165, 1.54) is 35.4 Å². The van der Waals surface area contributed by atoms with Crippen molar-refractivity contribution < 1.29 is 43.4 Å². The number of β-lactam (4-membered cyclic amide) rings is 1. The molecule has 2 unspecified atom stereocenters. The second-order valence-electron chi connectivity index (χ2n) is 9.66. The Balaban J connectivity index is 1.76. The van der Waals surface area contributed by atoms with Gasteiger partial charge in [0, 0.05) is 17.7 Å². The number of nitrogens with one attached hydrogen (secondary N) is 2. The van der Waals surface area contributed by atoms with Crippen LogP contribution in [-0.2, 0) is 33.4 Å². The van der Waals surface area contributed by atoms with Crippen LogP contribution in [0.15, 0.2) is 46.6 Å². The first-order valence-corrected chi connectivity index (χ1v) is 14.3. The number of rotatable bonds is 11. The summed E-state index contributed by atoms with van der Waals surface area (Å²) < 4.78 is 15.2. The maximum atomic E-state index is 13.2. The topological polar surface area (TPSA) is 212 Å². The number of carbonyl (C=O) groups is 5. The van der Waals surface area contributed by atoms with E-state index < -0.39 is 59.2 Å². The van der Waals surface area contributed by atoms with Gasteiger partial charge in [-0.1, -0.05) is 17.3 Å². The standard InChI is InChI=1S/C25H30N6O9S2/c1-5-8-27-24(36)38-9-6-7-13-10-41-20-16(29-18(32)15(30-37)14-11-42-23(26)28-14)19(33)31(20)17(13)21(34)39-12-40-22(35)25(2,3)4/h5-7,11,16,20,37H,1,8-10,12H2,2-4H3,(H2,26,28)(H,27,36)(H,29,32)/b7-6-,30-15-. The average molecular weight is 623 g/mol. The van der Waals surface area contributed by atoms with Gasteiger partial charge in [-0.25, -0.2) is 14.6 Å². The Kier molecular flexibility index (Phi) is 10.7. The molecule has 0 spiro atoms. The zero-order chi connectivity index (χ0) is 31.0. The van der Waals surface area contributed by atoms with Gasteiger partial charge in [0.05, 0.1) is 5.41 Å². The SMILES string of the molecule is C=CCNC(=O)OC/C=C\C1=C(C(=O)OCOC(=O)C(C)(C)C)N2C(=O)C(NC(=O)/C(=N\O)c3csc(N)n3)C2SC1. The van der Waals surface area contributed by atoms with Crippen LogP contribution in [0.1, 0.15) is 26.5 Å². The highest BCUT2D eigenvalue weighted by molar-refractivity contribution is 8.00. The molecule has 2 aliphatic rings. The molecule has 0 radical (unpaired) electrons. The predicted octanol–water partition coefficient (Wildman–Crippen LogP) is 1.12. The number of oxime groups is 1. The number of hydrogen-bond donors (Lipinski definition) is 4. The number of thiazole rings is 1. The number of nitrogens with zero attached hydrogens (tertiary/aromatic N) is 3. The number of alkyl carbamates (subject to hydrolysis) is 1. The normalized spacial score (nSPS) is 18.6. The second kappa shape index (κ2) is 14.0. The molecule has 5 N–H and O–H groups in total. The summed E-state index contributed by atoms with van der Waals surface area (Å²) in [6.07, 6.45) is 3.79. The van der Waals surface area contributed by atoms with Crippen LogP contribution in [0.3, 0.4) is 0 Å². The molecule has 42 heavy (non-hydrogen) atoms. The summed E-state index contributed by atoms with van der Waals surface area (Å²) in [5, 5.41) is 18.2. The fourth-order valence-electron chi connectivity index (χ4n) is 3.52. The van der Waals surface area contributed by atoms with Crippen molar-refractivity contribution >= 4 is 63.8 Å². The third-order valence-corrected chi connectivity index (χ3v) is 7.55. The molecule has 1 aromatic rings. The van der Waals surface area contributed by atoms with Crippen LogP contribution in [-0.4, -0.2) is 87.8 Å². The van der Waals surface area contributed by atoms with Gasteiger partial charge < -0.3 is 35.8 Å². The average Bonchev–Trinajstić information content (AvgIpc) is 3.37. The van der Waals surface area contributed by atoms with Crippen molar-refractivity contribution in [3.05, 3.63) is 47.2 Å². The largest absolute Gasteiger partial charge is 0.445 e. The van der Waals surface area contributed by atoms with E-state index in [0.29, 0.717) is 5.57 Å². The Morgan fingerprint density at radius 3 is 2.64 bits per heavy atom. The molecule has 1 saturated heterocycles. The van der Waals surface area contributed by atoms with Gasteiger partial charge in [-0.2, -0.15) is 0 Å². The number of anilines is 1. The quantitative estimate of drug-likeness (QED) is 0.0520. The highest BCUT2D eigenvalue weighted by atomic mass is 32.2. The molecule has 3 amide bonds. The van der Waals surface area contributed by atoms with E-state index >= 15 is 0 Å².